The molecule has 1 fully saturated rings. The van der Waals surface area contributed by atoms with Crippen molar-refractivity contribution >= 4 is 21.7 Å². The lowest BCUT2D eigenvalue weighted by Crippen LogP contribution is -2.15. The number of hydrogen-bond donors (Lipinski definition) is 1. The first-order valence-corrected chi connectivity index (χ1v) is 5.52. The predicted molar refractivity (Wildman–Crippen MR) is 57.8 cm³/mol. The topological polar surface area (TPSA) is 24.9 Å². The van der Waals surface area contributed by atoms with E-state index in [-0.39, 0.29) is 0 Å². The summed E-state index contributed by atoms with van der Waals surface area (Å²) in [7, 11) is 0. The minimum atomic E-state index is 0.641. The number of anilines is 1. The van der Waals surface area contributed by atoms with Crippen LogP contribution in [0.1, 0.15) is 25.7 Å². The Labute approximate surface area is 86.9 Å². The van der Waals surface area contributed by atoms with Gasteiger partial charge in [0.25, 0.3) is 0 Å². The Hall–Kier alpha value is -0.570. The molecular formula is C10H13BrN2. The Balaban J connectivity index is 2.00. The van der Waals surface area contributed by atoms with E-state index < -0.39 is 0 Å². The van der Waals surface area contributed by atoms with Gasteiger partial charge in [-0.05, 0) is 25.0 Å². The Morgan fingerprint density at radius 2 is 2.15 bits per heavy atom. The first-order valence-electron chi connectivity index (χ1n) is 4.73. The molecule has 0 aliphatic heterocycles. The smallest absolute Gasteiger partial charge is 0.127 e. The highest BCUT2D eigenvalue weighted by Crippen LogP contribution is 2.22. The molecule has 1 N–H and O–H groups in total. The average Bonchev–Trinajstić information content (AvgIpc) is 2.57. The van der Waals surface area contributed by atoms with Crippen molar-refractivity contribution in [3.05, 3.63) is 22.8 Å². The van der Waals surface area contributed by atoms with Gasteiger partial charge in [0.15, 0.2) is 0 Å². The minimum Gasteiger partial charge on any atom is -0.367 e. The quantitative estimate of drug-likeness (QED) is 0.859. The molecule has 0 saturated heterocycles. The zero-order valence-electron chi connectivity index (χ0n) is 7.46. The monoisotopic (exact) mass is 240 g/mol. The van der Waals surface area contributed by atoms with Gasteiger partial charge in [0.1, 0.15) is 5.82 Å². The van der Waals surface area contributed by atoms with E-state index in [1.54, 1.807) is 0 Å². The van der Waals surface area contributed by atoms with E-state index in [4.69, 9.17) is 0 Å². The maximum Gasteiger partial charge on any atom is 0.127 e. The summed E-state index contributed by atoms with van der Waals surface area (Å²) in [5.41, 5.74) is 0. The van der Waals surface area contributed by atoms with E-state index >= 15 is 0 Å². The van der Waals surface area contributed by atoms with Crippen molar-refractivity contribution in [3.8, 4) is 0 Å². The summed E-state index contributed by atoms with van der Waals surface area (Å²) in [5.74, 6) is 0.987. The molecule has 3 heteroatoms. The van der Waals surface area contributed by atoms with Crippen LogP contribution in [0.25, 0.3) is 0 Å². The summed E-state index contributed by atoms with van der Waals surface area (Å²) in [5, 5.41) is 3.44. The molecule has 70 valence electrons. The third-order valence-corrected chi connectivity index (χ3v) is 2.92. The van der Waals surface area contributed by atoms with Crippen LogP contribution in [0.2, 0.25) is 0 Å². The van der Waals surface area contributed by atoms with Gasteiger partial charge in [-0.3, -0.25) is 0 Å². The number of pyridine rings is 1. The Bertz CT molecular complexity index is 282. The summed E-state index contributed by atoms with van der Waals surface area (Å²) in [6, 6.07) is 4.61. The molecule has 1 aromatic heterocycles. The van der Waals surface area contributed by atoms with Crippen LogP contribution in [0.4, 0.5) is 5.82 Å². The molecule has 13 heavy (non-hydrogen) atoms. The second-order valence-electron chi connectivity index (χ2n) is 3.49. The molecule has 2 nitrogen and oxygen atoms in total. The molecule has 2 rings (SSSR count). The maximum absolute atomic E-state index is 4.26. The van der Waals surface area contributed by atoms with Crippen LogP contribution in [0, 0.1) is 0 Å². The summed E-state index contributed by atoms with van der Waals surface area (Å²) < 4.78 is 1.09. The molecule has 0 spiro atoms. The molecule has 0 unspecified atom stereocenters. The highest BCUT2D eigenvalue weighted by atomic mass is 79.9. The van der Waals surface area contributed by atoms with Crippen molar-refractivity contribution in [2.75, 3.05) is 5.32 Å². The van der Waals surface area contributed by atoms with Gasteiger partial charge in [0, 0.05) is 16.7 Å². The first kappa shape index (κ1) is 9.00. The van der Waals surface area contributed by atoms with Crippen LogP contribution < -0.4 is 5.32 Å². The van der Waals surface area contributed by atoms with Crippen molar-refractivity contribution in [2.24, 2.45) is 0 Å². The molecule has 1 aliphatic carbocycles. The highest BCUT2D eigenvalue weighted by molar-refractivity contribution is 9.10. The van der Waals surface area contributed by atoms with Gasteiger partial charge < -0.3 is 5.32 Å². The lowest BCUT2D eigenvalue weighted by Gasteiger charge is -2.12. The van der Waals surface area contributed by atoms with Gasteiger partial charge in [0.2, 0.25) is 0 Å². The predicted octanol–water partition coefficient (Wildman–Crippen LogP) is 3.20. The van der Waals surface area contributed by atoms with E-state index in [2.05, 4.69) is 26.2 Å². The number of nitrogens with zero attached hydrogens (tertiary/aromatic N) is 1. The Kier molecular flexibility index (Phi) is 2.83. The molecule has 0 aromatic carbocycles. The molecule has 0 amide bonds. The van der Waals surface area contributed by atoms with E-state index in [9.17, 15) is 0 Å². The lowest BCUT2D eigenvalue weighted by atomic mass is 10.2. The SMILES string of the molecule is Brc1ccnc(NC2CCCC2)c1. The van der Waals surface area contributed by atoms with Crippen molar-refractivity contribution in [2.45, 2.75) is 31.7 Å². The van der Waals surface area contributed by atoms with Gasteiger partial charge in [-0.15, -0.1) is 0 Å². The van der Waals surface area contributed by atoms with Crippen molar-refractivity contribution < 1.29 is 0 Å². The van der Waals surface area contributed by atoms with Crippen molar-refractivity contribution in [1.29, 1.82) is 0 Å². The molecule has 0 bridgehead atoms. The van der Waals surface area contributed by atoms with Gasteiger partial charge in [-0.25, -0.2) is 4.98 Å². The van der Waals surface area contributed by atoms with Crippen molar-refractivity contribution in [1.82, 2.24) is 4.98 Å². The Morgan fingerprint density at radius 1 is 1.38 bits per heavy atom. The van der Waals surface area contributed by atoms with Crippen molar-refractivity contribution in [3.63, 3.8) is 0 Å². The number of rotatable bonds is 2. The fraction of sp³-hybridized carbons (Fsp3) is 0.500. The third kappa shape index (κ3) is 2.44. The van der Waals surface area contributed by atoms with E-state index in [0.29, 0.717) is 6.04 Å². The zero-order chi connectivity index (χ0) is 9.10. The van der Waals surface area contributed by atoms with Crippen LogP contribution in [-0.4, -0.2) is 11.0 Å². The summed E-state index contributed by atoms with van der Waals surface area (Å²) in [6.07, 6.45) is 7.10. The van der Waals surface area contributed by atoms with Gasteiger partial charge in [-0.2, -0.15) is 0 Å². The second kappa shape index (κ2) is 4.09. The fourth-order valence-electron chi connectivity index (χ4n) is 1.76. The van der Waals surface area contributed by atoms with Crippen LogP contribution >= 0.6 is 15.9 Å². The summed E-state index contributed by atoms with van der Waals surface area (Å²) in [6.45, 7) is 0. The molecule has 0 radical (unpaired) electrons. The van der Waals surface area contributed by atoms with Gasteiger partial charge in [-0.1, -0.05) is 28.8 Å². The van der Waals surface area contributed by atoms with Crippen LogP contribution in [0.15, 0.2) is 22.8 Å². The Morgan fingerprint density at radius 3 is 2.85 bits per heavy atom. The first-order chi connectivity index (χ1) is 6.34. The number of nitrogens with one attached hydrogen (secondary N) is 1. The number of aromatic nitrogens is 1. The minimum absolute atomic E-state index is 0.641. The van der Waals surface area contributed by atoms with Crippen LogP contribution in [-0.2, 0) is 0 Å². The van der Waals surface area contributed by atoms with Gasteiger partial charge in [0.05, 0.1) is 0 Å². The molecular weight excluding hydrogens is 228 g/mol. The molecule has 1 saturated carbocycles. The largest absolute Gasteiger partial charge is 0.367 e. The van der Waals surface area contributed by atoms with E-state index in [0.717, 1.165) is 10.3 Å². The number of hydrogen-bond acceptors (Lipinski definition) is 2. The van der Waals surface area contributed by atoms with E-state index in [1.807, 2.05) is 18.3 Å². The summed E-state index contributed by atoms with van der Waals surface area (Å²) >= 11 is 3.43. The number of halogens is 1. The molecule has 1 heterocycles. The lowest BCUT2D eigenvalue weighted by molar-refractivity contribution is 0.750. The van der Waals surface area contributed by atoms with Crippen LogP contribution in [0.5, 0.6) is 0 Å². The summed E-state index contributed by atoms with van der Waals surface area (Å²) in [4.78, 5) is 4.26. The van der Waals surface area contributed by atoms with Gasteiger partial charge >= 0.3 is 0 Å². The third-order valence-electron chi connectivity index (χ3n) is 2.43. The molecule has 0 atom stereocenters. The zero-order valence-corrected chi connectivity index (χ0v) is 9.05. The average molecular weight is 241 g/mol. The maximum atomic E-state index is 4.26. The highest BCUT2D eigenvalue weighted by Gasteiger charge is 2.14. The second-order valence-corrected chi connectivity index (χ2v) is 4.40. The molecule has 1 aromatic rings. The molecule has 1 aliphatic rings. The standard InChI is InChI=1S/C10H13BrN2/c11-8-5-6-12-10(7-8)13-9-3-1-2-4-9/h5-7,9H,1-4H2,(H,12,13). The van der Waals surface area contributed by atoms with Crippen LogP contribution in [0.3, 0.4) is 0 Å². The normalized spacial score (nSPS) is 17.6. The van der Waals surface area contributed by atoms with E-state index in [1.165, 1.54) is 25.7 Å². The fourth-order valence-corrected chi connectivity index (χ4v) is 2.10.